The van der Waals surface area contributed by atoms with Gasteiger partial charge in [-0.1, -0.05) is 53.4 Å². The van der Waals surface area contributed by atoms with Crippen molar-refractivity contribution in [2.24, 2.45) is 5.92 Å². The van der Waals surface area contributed by atoms with E-state index in [1.54, 1.807) is 0 Å². The Morgan fingerprint density at radius 2 is 1.94 bits per heavy atom. The van der Waals surface area contributed by atoms with Crippen LogP contribution >= 0.6 is 15.9 Å². The Labute approximate surface area is 117 Å². The maximum atomic E-state index is 11.9. The summed E-state index contributed by atoms with van der Waals surface area (Å²) in [6.07, 6.45) is 7.08. The van der Waals surface area contributed by atoms with Gasteiger partial charge in [-0.15, -0.1) is 0 Å². The van der Waals surface area contributed by atoms with E-state index < -0.39 is 0 Å². The van der Waals surface area contributed by atoms with Crippen LogP contribution in [0, 0.1) is 5.92 Å². The molecule has 0 aromatic heterocycles. The standard InChI is InChI=1S/C15H20BrNO/c16-14-9-5-4-8-13(14)11-17-15(18)10-12-6-2-1-3-7-12/h4-5,8-9,12H,1-3,6-7,10-11H2,(H,17,18). The molecule has 0 atom stereocenters. The maximum Gasteiger partial charge on any atom is 0.220 e. The Morgan fingerprint density at radius 1 is 1.22 bits per heavy atom. The Morgan fingerprint density at radius 3 is 2.67 bits per heavy atom. The van der Waals surface area contributed by atoms with Gasteiger partial charge in [0.1, 0.15) is 0 Å². The number of nitrogens with one attached hydrogen (secondary N) is 1. The van der Waals surface area contributed by atoms with E-state index in [0.717, 1.165) is 10.0 Å². The third-order valence-corrected chi connectivity index (χ3v) is 4.41. The Kier molecular flexibility index (Phi) is 5.24. The minimum Gasteiger partial charge on any atom is -0.352 e. The topological polar surface area (TPSA) is 29.1 Å². The van der Waals surface area contributed by atoms with Gasteiger partial charge in [-0.05, 0) is 30.4 Å². The first-order valence-electron chi connectivity index (χ1n) is 6.76. The van der Waals surface area contributed by atoms with E-state index in [1.807, 2.05) is 24.3 Å². The van der Waals surface area contributed by atoms with E-state index >= 15 is 0 Å². The number of hydrogen-bond acceptors (Lipinski definition) is 1. The molecular formula is C15H20BrNO. The summed E-state index contributed by atoms with van der Waals surface area (Å²) in [7, 11) is 0. The molecule has 0 radical (unpaired) electrons. The lowest BCUT2D eigenvalue weighted by atomic mass is 9.87. The molecule has 2 rings (SSSR count). The molecule has 1 amide bonds. The summed E-state index contributed by atoms with van der Waals surface area (Å²) in [4.78, 5) is 11.9. The molecular weight excluding hydrogens is 290 g/mol. The van der Waals surface area contributed by atoms with Crippen molar-refractivity contribution >= 4 is 21.8 Å². The first kappa shape index (κ1) is 13.6. The monoisotopic (exact) mass is 309 g/mol. The average molecular weight is 310 g/mol. The van der Waals surface area contributed by atoms with Gasteiger partial charge in [0, 0.05) is 17.4 Å². The molecule has 1 aliphatic rings. The molecule has 0 spiro atoms. The van der Waals surface area contributed by atoms with Crippen LogP contribution in [0.4, 0.5) is 0 Å². The van der Waals surface area contributed by atoms with Crippen LogP contribution in [0.25, 0.3) is 0 Å². The molecule has 0 saturated heterocycles. The molecule has 98 valence electrons. The number of carbonyl (C=O) groups is 1. The number of halogens is 1. The predicted octanol–water partition coefficient (Wildman–Crippen LogP) is 4.04. The fourth-order valence-corrected chi connectivity index (χ4v) is 2.99. The van der Waals surface area contributed by atoms with Crippen LogP contribution in [0.1, 0.15) is 44.1 Å². The molecule has 0 bridgehead atoms. The van der Waals surface area contributed by atoms with E-state index in [0.29, 0.717) is 18.9 Å². The molecule has 1 saturated carbocycles. The summed E-state index contributed by atoms with van der Waals surface area (Å²) < 4.78 is 1.06. The Hall–Kier alpha value is -0.830. The Bertz CT molecular complexity index is 399. The zero-order valence-electron chi connectivity index (χ0n) is 10.6. The van der Waals surface area contributed by atoms with Crippen molar-refractivity contribution in [1.29, 1.82) is 0 Å². The largest absolute Gasteiger partial charge is 0.352 e. The van der Waals surface area contributed by atoms with Crippen molar-refractivity contribution in [2.75, 3.05) is 0 Å². The minimum absolute atomic E-state index is 0.192. The van der Waals surface area contributed by atoms with Crippen molar-refractivity contribution < 1.29 is 4.79 Å². The molecule has 1 aromatic carbocycles. The second kappa shape index (κ2) is 6.93. The molecule has 18 heavy (non-hydrogen) atoms. The van der Waals surface area contributed by atoms with Crippen molar-refractivity contribution in [3.8, 4) is 0 Å². The highest BCUT2D eigenvalue weighted by molar-refractivity contribution is 9.10. The maximum absolute atomic E-state index is 11.9. The molecule has 2 nitrogen and oxygen atoms in total. The molecule has 0 aliphatic heterocycles. The number of benzene rings is 1. The molecule has 3 heteroatoms. The summed E-state index contributed by atoms with van der Waals surface area (Å²) in [5.74, 6) is 0.801. The van der Waals surface area contributed by atoms with E-state index in [2.05, 4.69) is 21.2 Å². The zero-order valence-corrected chi connectivity index (χ0v) is 12.2. The molecule has 0 heterocycles. The summed E-state index contributed by atoms with van der Waals surface area (Å²) >= 11 is 3.49. The van der Waals surface area contributed by atoms with Crippen LogP contribution < -0.4 is 5.32 Å². The minimum atomic E-state index is 0.192. The smallest absolute Gasteiger partial charge is 0.220 e. The van der Waals surface area contributed by atoms with Crippen LogP contribution in [0.2, 0.25) is 0 Å². The quantitative estimate of drug-likeness (QED) is 0.893. The Balaban J connectivity index is 1.76. The number of carbonyl (C=O) groups excluding carboxylic acids is 1. The van der Waals surface area contributed by atoms with Gasteiger partial charge < -0.3 is 5.32 Å². The van der Waals surface area contributed by atoms with Gasteiger partial charge >= 0.3 is 0 Å². The normalized spacial score (nSPS) is 16.5. The number of amides is 1. The highest BCUT2D eigenvalue weighted by atomic mass is 79.9. The first-order valence-corrected chi connectivity index (χ1v) is 7.55. The SMILES string of the molecule is O=C(CC1CCCCC1)NCc1ccccc1Br. The van der Waals surface area contributed by atoms with Crippen LogP contribution in [0.3, 0.4) is 0 Å². The van der Waals surface area contributed by atoms with Crippen LogP contribution in [-0.4, -0.2) is 5.91 Å². The van der Waals surface area contributed by atoms with Gasteiger partial charge in [-0.3, -0.25) is 4.79 Å². The lowest BCUT2D eigenvalue weighted by molar-refractivity contribution is -0.122. The predicted molar refractivity (Wildman–Crippen MR) is 77.2 cm³/mol. The van der Waals surface area contributed by atoms with Gasteiger partial charge in [-0.2, -0.15) is 0 Å². The van der Waals surface area contributed by atoms with Crippen LogP contribution in [0.15, 0.2) is 28.7 Å². The lowest BCUT2D eigenvalue weighted by Gasteiger charge is -2.20. The van der Waals surface area contributed by atoms with Crippen molar-refractivity contribution in [3.05, 3.63) is 34.3 Å². The third kappa shape index (κ3) is 4.13. The summed E-state index contributed by atoms with van der Waals surface area (Å²) in [5, 5.41) is 3.02. The molecule has 0 unspecified atom stereocenters. The second-order valence-corrected chi connectivity index (χ2v) is 5.93. The van der Waals surface area contributed by atoms with Crippen molar-refractivity contribution in [3.63, 3.8) is 0 Å². The van der Waals surface area contributed by atoms with E-state index in [-0.39, 0.29) is 5.91 Å². The van der Waals surface area contributed by atoms with Crippen molar-refractivity contribution in [1.82, 2.24) is 5.32 Å². The fraction of sp³-hybridized carbons (Fsp3) is 0.533. The van der Waals surface area contributed by atoms with Gasteiger partial charge in [0.15, 0.2) is 0 Å². The summed E-state index contributed by atoms with van der Waals surface area (Å²) in [6.45, 7) is 0.618. The van der Waals surface area contributed by atoms with E-state index in [4.69, 9.17) is 0 Å². The van der Waals surface area contributed by atoms with Crippen LogP contribution in [-0.2, 0) is 11.3 Å². The average Bonchev–Trinajstić information content (AvgIpc) is 2.39. The second-order valence-electron chi connectivity index (χ2n) is 5.08. The van der Waals surface area contributed by atoms with Crippen molar-refractivity contribution in [2.45, 2.75) is 45.1 Å². The molecule has 1 fully saturated rings. The number of hydrogen-bond donors (Lipinski definition) is 1. The van der Waals surface area contributed by atoms with Gasteiger partial charge in [0.25, 0.3) is 0 Å². The molecule has 1 aliphatic carbocycles. The number of rotatable bonds is 4. The zero-order chi connectivity index (χ0) is 12.8. The highest BCUT2D eigenvalue weighted by Crippen LogP contribution is 2.26. The van der Waals surface area contributed by atoms with Gasteiger partial charge in [0.2, 0.25) is 5.91 Å². The van der Waals surface area contributed by atoms with Crippen LogP contribution in [0.5, 0.6) is 0 Å². The molecule has 1 N–H and O–H groups in total. The highest BCUT2D eigenvalue weighted by Gasteiger charge is 2.16. The lowest BCUT2D eigenvalue weighted by Crippen LogP contribution is -2.26. The third-order valence-electron chi connectivity index (χ3n) is 3.63. The van der Waals surface area contributed by atoms with Gasteiger partial charge in [-0.25, -0.2) is 0 Å². The van der Waals surface area contributed by atoms with E-state index in [1.165, 1.54) is 32.1 Å². The fourth-order valence-electron chi connectivity index (χ4n) is 2.56. The molecule has 1 aromatic rings. The van der Waals surface area contributed by atoms with E-state index in [9.17, 15) is 4.79 Å². The summed E-state index contributed by atoms with van der Waals surface area (Å²) in [5.41, 5.74) is 1.13. The summed E-state index contributed by atoms with van der Waals surface area (Å²) in [6, 6.07) is 8.01. The van der Waals surface area contributed by atoms with Gasteiger partial charge in [0.05, 0.1) is 0 Å². The first-order chi connectivity index (χ1) is 8.75.